The number of aliphatic carboxylic acids is 1. The van der Waals surface area contributed by atoms with Gasteiger partial charge in [-0.25, -0.2) is 4.98 Å². The van der Waals surface area contributed by atoms with Crippen LogP contribution in [0.1, 0.15) is 121 Å². The van der Waals surface area contributed by atoms with Gasteiger partial charge in [-0.3, -0.25) is 19.2 Å². The summed E-state index contributed by atoms with van der Waals surface area (Å²) in [5.41, 5.74) is 1.23. The monoisotopic (exact) mass is 757 g/mol. The predicted molar refractivity (Wildman–Crippen MR) is 208 cm³/mol. The van der Waals surface area contributed by atoms with Crippen molar-refractivity contribution in [1.82, 2.24) is 25.8 Å². The molecule has 7 atom stereocenters. The van der Waals surface area contributed by atoms with Gasteiger partial charge in [0.15, 0.2) is 0 Å². The molecule has 1 fully saturated rings. The van der Waals surface area contributed by atoms with Gasteiger partial charge in [-0.1, -0.05) is 84.7 Å². The maximum Gasteiger partial charge on any atom is 0.306 e. The van der Waals surface area contributed by atoms with Crippen molar-refractivity contribution in [3.8, 4) is 0 Å². The number of carboxylic acid groups (broad SMARTS) is 1. The Labute approximate surface area is 320 Å². The molecule has 4 N–H and O–H groups in total. The second-order valence-electron chi connectivity index (χ2n) is 14.6. The number of nitrogens with zero attached hydrogens (tertiary/aromatic N) is 2. The highest BCUT2D eigenvalue weighted by Gasteiger charge is 2.38. The smallest absolute Gasteiger partial charge is 0.306 e. The second-order valence-corrected chi connectivity index (χ2v) is 15.5. The molecule has 2 aromatic rings. The van der Waals surface area contributed by atoms with E-state index in [-0.39, 0.29) is 60.5 Å². The predicted octanol–water partition coefficient (Wildman–Crippen LogP) is 5.97. The van der Waals surface area contributed by atoms with Gasteiger partial charge >= 0.3 is 5.97 Å². The van der Waals surface area contributed by atoms with Crippen molar-refractivity contribution in [2.24, 2.45) is 17.8 Å². The average Bonchev–Trinajstić information content (AvgIpc) is 3.65. The maximum absolute atomic E-state index is 14.6. The minimum Gasteiger partial charge on any atom is -0.481 e. The van der Waals surface area contributed by atoms with Crippen molar-refractivity contribution in [2.45, 2.75) is 130 Å². The molecule has 2 heterocycles. The number of aromatic nitrogens is 1. The lowest BCUT2D eigenvalue weighted by Gasteiger charge is -2.39. The number of hydrogen-bond acceptors (Lipinski definition) is 9. The molecular weight excluding hydrogens is 695 g/mol. The van der Waals surface area contributed by atoms with Gasteiger partial charge < -0.3 is 35.4 Å². The molecule has 1 aliphatic heterocycles. The van der Waals surface area contributed by atoms with Crippen molar-refractivity contribution in [2.75, 3.05) is 26.5 Å². The second kappa shape index (κ2) is 22.7. The number of nitrogens with one attached hydrogen (secondary N) is 3. The van der Waals surface area contributed by atoms with Gasteiger partial charge in [-0.2, -0.15) is 0 Å². The zero-order valence-corrected chi connectivity index (χ0v) is 33.6. The minimum atomic E-state index is -0.917. The summed E-state index contributed by atoms with van der Waals surface area (Å²) < 4.78 is 12.3. The highest BCUT2D eigenvalue weighted by molar-refractivity contribution is 7.09. The van der Waals surface area contributed by atoms with Crippen LogP contribution in [0.4, 0.5) is 0 Å². The summed E-state index contributed by atoms with van der Waals surface area (Å²) in [5, 5.41) is 21.3. The van der Waals surface area contributed by atoms with Gasteiger partial charge in [0.05, 0.1) is 12.0 Å². The van der Waals surface area contributed by atoms with Crippen molar-refractivity contribution in [1.29, 1.82) is 0 Å². The fourth-order valence-corrected chi connectivity index (χ4v) is 7.46. The Morgan fingerprint density at radius 2 is 1.77 bits per heavy atom. The first kappa shape index (κ1) is 44.0. The van der Waals surface area contributed by atoms with Gasteiger partial charge in [0.25, 0.3) is 5.91 Å². The lowest BCUT2D eigenvalue weighted by atomic mass is 9.92. The fourth-order valence-electron chi connectivity index (χ4n) is 6.60. The molecule has 1 aliphatic rings. The standard InChI is InChI=1S/C40H63N5O7S/c1-8-20-52-34(38-43-32(24-53-38)37(47)42-30(21-28(7)40(49)50)22-29-16-12-11-13-17-29)23-33(26(4)5)45(25-51-10-3)39(48)35(27(6)9-2)44-36(46)31-18-14-15-19-41-31/h11-13,16-17,24,26-28,30-31,33-35,41H,8-10,14-15,18-23,25H2,1-7H3,(H,42,47)(H,44,46)(H,49,50). The van der Waals surface area contributed by atoms with Gasteiger partial charge in [-0.05, 0) is 63.0 Å². The van der Waals surface area contributed by atoms with Crippen molar-refractivity contribution in [3.63, 3.8) is 0 Å². The van der Waals surface area contributed by atoms with Crippen LogP contribution in [-0.4, -0.2) is 89.3 Å². The van der Waals surface area contributed by atoms with E-state index in [1.54, 1.807) is 17.2 Å². The van der Waals surface area contributed by atoms with Crippen LogP contribution in [0.2, 0.25) is 0 Å². The molecule has 296 valence electrons. The minimum absolute atomic E-state index is 0.00173. The normalized spacial score (nSPS) is 18.0. The third kappa shape index (κ3) is 13.8. The molecule has 13 heteroatoms. The van der Waals surface area contributed by atoms with E-state index in [0.717, 1.165) is 37.8 Å². The number of piperidine rings is 1. The third-order valence-electron chi connectivity index (χ3n) is 10.0. The summed E-state index contributed by atoms with van der Waals surface area (Å²) in [4.78, 5) is 59.8. The molecule has 53 heavy (non-hydrogen) atoms. The quantitative estimate of drug-likeness (QED) is 0.100. The summed E-state index contributed by atoms with van der Waals surface area (Å²) in [6.45, 7) is 15.4. The third-order valence-corrected chi connectivity index (χ3v) is 11.0. The van der Waals surface area contributed by atoms with E-state index in [1.165, 1.54) is 11.3 Å². The molecule has 3 amide bonds. The van der Waals surface area contributed by atoms with E-state index >= 15 is 0 Å². The largest absolute Gasteiger partial charge is 0.481 e. The molecule has 1 saturated heterocycles. The molecule has 3 rings (SSSR count). The zero-order chi connectivity index (χ0) is 38.9. The first-order valence-corrected chi connectivity index (χ1v) is 20.3. The molecule has 0 bridgehead atoms. The van der Waals surface area contributed by atoms with Crippen LogP contribution in [0.15, 0.2) is 35.7 Å². The van der Waals surface area contributed by atoms with Crippen LogP contribution in [-0.2, 0) is 30.3 Å². The number of ether oxygens (including phenoxy) is 2. The molecular formula is C40H63N5O7S. The molecule has 1 aromatic carbocycles. The van der Waals surface area contributed by atoms with E-state index in [2.05, 4.69) is 29.8 Å². The fraction of sp³-hybridized carbons (Fsp3) is 0.675. The van der Waals surface area contributed by atoms with Crippen molar-refractivity contribution < 1.29 is 33.8 Å². The number of carbonyl (C=O) groups is 4. The molecule has 0 radical (unpaired) electrons. The molecule has 0 spiro atoms. The van der Waals surface area contributed by atoms with Crippen LogP contribution < -0.4 is 16.0 Å². The lowest BCUT2D eigenvalue weighted by molar-refractivity contribution is -0.149. The van der Waals surface area contributed by atoms with Crippen LogP contribution in [0.3, 0.4) is 0 Å². The van der Waals surface area contributed by atoms with Crippen LogP contribution >= 0.6 is 11.3 Å². The number of carbonyl (C=O) groups excluding carboxylic acids is 3. The molecule has 1 aromatic heterocycles. The highest BCUT2D eigenvalue weighted by atomic mass is 32.1. The van der Waals surface area contributed by atoms with Crippen LogP contribution in [0.25, 0.3) is 0 Å². The Kier molecular flexibility index (Phi) is 18.9. The molecule has 0 aliphatic carbocycles. The number of carboxylic acids is 1. The van der Waals surface area contributed by atoms with E-state index in [1.807, 2.05) is 58.0 Å². The summed E-state index contributed by atoms with van der Waals surface area (Å²) in [5.74, 6) is -2.39. The lowest BCUT2D eigenvalue weighted by Crippen LogP contribution is -2.59. The zero-order valence-electron chi connectivity index (χ0n) is 32.8. The number of thiazole rings is 1. The topological polar surface area (TPSA) is 159 Å². The molecule has 12 nitrogen and oxygen atoms in total. The Morgan fingerprint density at radius 1 is 1.04 bits per heavy atom. The number of rotatable bonds is 23. The number of benzene rings is 1. The number of amides is 3. The average molecular weight is 758 g/mol. The summed E-state index contributed by atoms with van der Waals surface area (Å²) in [6, 6.07) is 7.88. The molecule has 7 unspecified atom stereocenters. The first-order chi connectivity index (χ1) is 25.4. The molecule has 0 saturated carbocycles. The Bertz CT molecular complexity index is 1420. The summed E-state index contributed by atoms with van der Waals surface area (Å²) in [6.07, 6.45) is 4.86. The first-order valence-electron chi connectivity index (χ1n) is 19.5. The van der Waals surface area contributed by atoms with Gasteiger partial charge in [-0.15, -0.1) is 11.3 Å². The maximum atomic E-state index is 14.6. The van der Waals surface area contributed by atoms with Crippen LogP contribution in [0, 0.1) is 17.8 Å². The van der Waals surface area contributed by atoms with Crippen molar-refractivity contribution >= 4 is 35.0 Å². The Morgan fingerprint density at radius 3 is 2.38 bits per heavy atom. The van der Waals surface area contributed by atoms with E-state index in [0.29, 0.717) is 37.5 Å². The van der Waals surface area contributed by atoms with E-state index in [9.17, 15) is 24.3 Å². The van der Waals surface area contributed by atoms with Crippen LogP contribution in [0.5, 0.6) is 0 Å². The van der Waals surface area contributed by atoms with Gasteiger partial charge in [0.1, 0.15) is 29.6 Å². The van der Waals surface area contributed by atoms with E-state index in [4.69, 9.17) is 14.5 Å². The van der Waals surface area contributed by atoms with E-state index < -0.39 is 30.1 Å². The SMILES string of the molecule is CCCOC(CC(C(C)C)N(COCC)C(=O)C(NC(=O)C1CCCCN1)C(C)CC)c1nc(C(=O)NC(Cc2ccccc2)CC(C)C(=O)O)cs1. The Balaban J connectivity index is 1.87. The van der Waals surface area contributed by atoms with Gasteiger partial charge in [0, 0.05) is 37.1 Å². The summed E-state index contributed by atoms with van der Waals surface area (Å²) in [7, 11) is 0. The van der Waals surface area contributed by atoms with Gasteiger partial charge in [0.2, 0.25) is 11.8 Å². The highest BCUT2D eigenvalue weighted by Crippen LogP contribution is 2.32. The number of hydrogen-bond donors (Lipinski definition) is 4. The summed E-state index contributed by atoms with van der Waals surface area (Å²) >= 11 is 1.33. The Hall–Kier alpha value is -3.39. The van der Waals surface area contributed by atoms with Crippen molar-refractivity contribution in [3.05, 3.63) is 52.0 Å².